The van der Waals surface area contributed by atoms with E-state index in [0.29, 0.717) is 17.6 Å². The number of aromatic nitrogens is 1. The fourth-order valence-electron chi connectivity index (χ4n) is 4.78. The maximum Gasteiger partial charge on any atom is 0.340 e. The molecule has 0 radical (unpaired) electrons. The lowest BCUT2D eigenvalue weighted by Crippen LogP contribution is -2.42. The van der Waals surface area contributed by atoms with E-state index in [-0.39, 0.29) is 17.7 Å². The van der Waals surface area contributed by atoms with Crippen LogP contribution in [0.5, 0.6) is 5.75 Å². The average molecular weight is 473 g/mol. The van der Waals surface area contributed by atoms with Crippen LogP contribution >= 0.6 is 11.6 Å². The van der Waals surface area contributed by atoms with E-state index in [1.165, 1.54) is 26.0 Å². The summed E-state index contributed by atoms with van der Waals surface area (Å²) >= 11 is 6.38. The Hall–Kier alpha value is -2.18. The van der Waals surface area contributed by atoms with Gasteiger partial charge in [-0.3, -0.25) is 9.88 Å². The first kappa shape index (κ1) is 22.6. The molecule has 1 aromatic carbocycles. The van der Waals surface area contributed by atoms with E-state index in [9.17, 15) is 9.18 Å². The molecular weight excluding hydrogens is 443 g/mol. The van der Waals surface area contributed by atoms with Crippen molar-refractivity contribution >= 4 is 17.6 Å². The molecule has 2 atom stereocenters. The lowest BCUT2D eigenvalue weighted by Gasteiger charge is -2.37. The molecule has 2 heterocycles. The third-order valence-electron chi connectivity index (χ3n) is 7.06. The molecule has 33 heavy (non-hydrogen) atoms. The van der Waals surface area contributed by atoms with Crippen LogP contribution in [0.4, 0.5) is 4.39 Å². The third-order valence-corrected chi connectivity index (χ3v) is 7.38. The first-order chi connectivity index (χ1) is 15.9. The zero-order chi connectivity index (χ0) is 23.1. The van der Waals surface area contributed by atoms with Gasteiger partial charge < -0.3 is 9.47 Å². The predicted octanol–water partition coefficient (Wildman–Crippen LogP) is 6.02. The molecule has 2 aliphatic carbocycles. The summed E-state index contributed by atoms with van der Waals surface area (Å²) in [6.07, 6.45) is 6.26. The summed E-state index contributed by atoms with van der Waals surface area (Å²) in [5, 5.41) is 0.762. The van der Waals surface area contributed by atoms with Crippen molar-refractivity contribution in [3.63, 3.8) is 0 Å². The van der Waals surface area contributed by atoms with Crippen LogP contribution in [0.1, 0.15) is 90.6 Å². The van der Waals surface area contributed by atoms with Gasteiger partial charge in [0.05, 0.1) is 29.1 Å². The van der Waals surface area contributed by atoms with Gasteiger partial charge in [0.2, 0.25) is 0 Å². The number of benzene rings is 1. The molecule has 3 aliphatic rings. The van der Waals surface area contributed by atoms with E-state index in [1.54, 1.807) is 6.07 Å². The van der Waals surface area contributed by atoms with E-state index < -0.39 is 11.8 Å². The minimum absolute atomic E-state index is 0.0223. The Kier molecular flexibility index (Phi) is 6.32. The number of ether oxygens (including phenoxy) is 2. The quantitative estimate of drug-likeness (QED) is 0.461. The molecule has 5 rings (SSSR count). The van der Waals surface area contributed by atoms with Crippen molar-refractivity contribution in [2.45, 2.75) is 69.4 Å². The number of rotatable bonds is 7. The van der Waals surface area contributed by atoms with Crippen molar-refractivity contribution in [1.29, 1.82) is 0 Å². The Morgan fingerprint density at radius 2 is 1.94 bits per heavy atom. The number of carbonyl (C=O) groups is 1. The highest BCUT2D eigenvalue weighted by molar-refractivity contribution is 6.31. The maximum absolute atomic E-state index is 14.7. The minimum atomic E-state index is -0.653. The van der Waals surface area contributed by atoms with Crippen molar-refractivity contribution in [3.8, 4) is 5.75 Å². The Bertz CT molecular complexity index is 1050. The molecular formula is C26H30ClFN2O3. The Labute approximate surface area is 199 Å². The van der Waals surface area contributed by atoms with Gasteiger partial charge in [-0.15, -0.1) is 0 Å². The number of carbonyl (C=O) groups excluding carboxylic acids is 1. The summed E-state index contributed by atoms with van der Waals surface area (Å²) in [6.45, 7) is 3.89. The maximum atomic E-state index is 14.7. The fourth-order valence-corrected chi connectivity index (χ4v) is 5.04. The monoisotopic (exact) mass is 472 g/mol. The zero-order valence-electron chi connectivity index (χ0n) is 19.2. The second-order valence-electron chi connectivity index (χ2n) is 9.57. The summed E-state index contributed by atoms with van der Waals surface area (Å²) in [6, 6.07) is 7.13. The molecule has 3 fully saturated rings. The van der Waals surface area contributed by atoms with E-state index in [1.807, 2.05) is 12.1 Å². The summed E-state index contributed by atoms with van der Waals surface area (Å²) in [5.74, 6) is 0.134. The summed E-state index contributed by atoms with van der Waals surface area (Å²) < 4.78 is 25.8. The van der Waals surface area contributed by atoms with Gasteiger partial charge in [0.25, 0.3) is 0 Å². The number of hydrogen-bond donors (Lipinski definition) is 0. The van der Waals surface area contributed by atoms with Crippen LogP contribution < -0.4 is 4.74 Å². The van der Waals surface area contributed by atoms with Gasteiger partial charge in [-0.2, -0.15) is 0 Å². The molecule has 2 aromatic rings. The van der Waals surface area contributed by atoms with Crippen molar-refractivity contribution in [2.24, 2.45) is 0 Å². The smallest absolute Gasteiger partial charge is 0.340 e. The van der Waals surface area contributed by atoms with Crippen LogP contribution in [-0.2, 0) is 4.74 Å². The molecule has 2 saturated carbocycles. The number of pyridine rings is 1. The highest BCUT2D eigenvalue weighted by Gasteiger charge is 2.33. The molecule has 7 heteroatoms. The molecule has 0 spiro atoms. The van der Waals surface area contributed by atoms with Gasteiger partial charge in [0.1, 0.15) is 17.7 Å². The number of hydrogen-bond acceptors (Lipinski definition) is 5. The lowest BCUT2D eigenvalue weighted by atomic mass is 10.0. The van der Waals surface area contributed by atoms with Gasteiger partial charge in [0, 0.05) is 24.6 Å². The minimum Gasteiger partial charge on any atom is -0.489 e. The molecule has 0 unspecified atom stereocenters. The number of methoxy groups -OCH3 is 1. The molecule has 0 N–H and O–H groups in total. The fraction of sp³-hybridized carbons (Fsp3) is 0.538. The number of nitrogens with zero attached hydrogens (tertiary/aromatic N) is 2. The molecule has 5 nitrogen and oxygen atoms in total. The number of halogens is 2. The molecule has 1 aliphatic heterocycles. The van der Waals surface area contributed by atoms with Crippen LogP contribution in [0.2, 0.25) is 5.02 Å². The van der Waals surface area contributed by atoms with E-state index in [2.05, 4.69) is 11.8 Å². The standard InChI is InChI=1S/C26H30ClFN2O3/c1-15(23-10-9-21(27)25(29-23)17-7-8-17)30-11-3-4-18(14-30)33-24-13-22(28)20(26(31)32-2)12-19(24)16-5-6-16/h9-10,12-13,15-18H,3-8,11,14H2,1-2H3/t15-,18+/m0/s1. The van der Waals surface area contributed by atoms with Crippen molar-refractivity contribution in [1.82, 2.24) is 9.88 Å². The normalized spacial score (nSPS) is 22.1. The van der Waals surface area contributed by atoms with E-state index in [0.717, 1.165) is 60.7 Å². The van der Waals surface area contributed by atoms with Crippen LogP contribution in [0.25, 0.3) is 0 Å². The van der Waals surface area contributed by atoms with Crippen molar-refractivity contribution < 1.29 is 18.7 Å². The lowest BCUT2D eigenvalue weighted by molar-refractivity contribution is 0.0592. The SMILES string of the molecule is COC(=O)c1cc(C2CC2)c(O[C@@H]2CCCN([C@@H](C)c3ccc(Cl)c(C4CC4)n3)C2)cc1F. The molecule has 1 saturated heterocycles. The first-order valence-electron chi connectivity index (χ1n) is 11.9. The first-order valence-corrected chi connectivity index (χ1v) is 12.3. The third kappa shape index (κ3) is 4.87. The van der Waals surface area contributed by atoms with Crippen LogP contribution in [0, 0.1) is 5.82 Å². The Morgan fingerprint density at radius 1 is 1.18 bits per heavy atom. The number of piperidine rings is 1. The van der Waals surface area contributed by atoms with Gasteiger partial charge in [0.15, 0.2) is 0 Å². The Morgan fingerprint density at radius 3 is 2.64 bits per heavy atom. The second-order valence-corrected chi connectivity index (χ2v) is 9.97. The Balaban J connectivity index is 1.32. The average Bonchev–Trinajstić information content (AvgIpc) is 3.72. The predicted molar refractivity (Wildman–Crippen MR) is 125 cm³/mol. The molecule has 0 bridgehead atoms. The highest BCUT2D eigenvalue weighted by atomic mass is 35.5. The van der Waals surface area contributed by atoms with Crippen molar-refractivity contribution in [2.75, 3.05) is 20.2 Å². The van der Waals surface area contributed by atoms with Gasteiger partial charge in [-0.1, -0.05) is 11.6 Å². The zero-order valence-corrected chi connectivity index (χ0v) is 19.9. The van der Waals surface area contributed by atoms with E-state index in [4.69, 9.17) is 26.1 Å². The van der Waals surface area contributed by atoms with Crippen LogP contribution in [-0.4, -0.2) is 42.2 Å². The van der Waals surface area contributed by atoms with Gasteiger partial charge in [-0.25, -0.2) is 9.18 Å². The van der Waals surface area contributed by atoms with Crippen LogP contribution in [0.15, 0.2) is 24.3 Å². The van der Waals surface area contributed by atoms with E-state index >= 15 is 0 Å². The second kappa shape index (κ2) is 9.22. The van der Waals surface area contributed by atoms with Crippen LogP contribution in [0.3, 0.4) is 0 Å². The molecule has 0 amide bonds. The number of esters is 1. The van der Waals surface area contributed by atoms with Gasteiger partial charge >= 0.3 is 5.97 Å². The highest BCUT2D eigenvalue weighted by Crippen LogP contribution is 2.46. The number of likely N-dealkylation sites (tertiary alicyclic amines) is 1. The van der Waals surface area contributed by atoms with Gasteiger partial charge in [-0.05, 0) is 81.7 Å². The van der Waals surface area contributed by atoms with Crippen molar-refractivity contribution in [3.05, 3.63) is 57.6 Å². The molecule has 1 aromatic heterocycles. The summed E-state index contributed by atoms with van der Waals surface area (Å²) in [4.78, 5) is 19.2. The largest absolute Gasteiger partial charge is 0.489 e. The summed E-state index contributed by atoms with van der Waals surface area (Å²) in [5.41, 5.74) is 2.96. The molecule has 176 valence electrons. The summed E-state index contributed by atoms with van der Waals surface area (Å²) in [7, 11) is 1.27. The topological polar surface area (TPSA) is 51.7 Å².